The van der Waals surface area contributed by atoms with Gasteiger partial charge in [0.2, 0.25) is 0 Å². The molecule has 116 valence electrons. The fourth-order valence-electron chi connectivity index (χ4n) is 5.02. The lowest BCUT2D eigenvalue weighted by molar-refractivity contribution is 0.0701. The first-order chi connectivity index (χ1) is 9.57. The summed E-state index contributed by atoms with van der Waals surface area (Å²) in [6, 6.07) is 4.08. The molecule has 0 aliphatic heterocycles. The van der Waals surface area contributed by atoms with Crippen LogP contribution in [-0.4, -0.2) is 10.2 Å². The van der Waals surface area contributed by atoms with Crippen LogP contribution in [0.5, 0.6) is 5.75 Å². The van der Waals surface area contributed by atoms with E-state index in [1.807, 2.05) is 6.07 Å². The Balaban J connectivity index is 2.15. The van der Waals surface area contributed by atoms with Crippen LogP contribution < -0.4 is 0 Å². The van der Waals surface area contributed by atoms with Gasteiger partial charge in [-0.2, -0.15) is 0 Å². The Morgan fingerprint density at radius 2 is 1.81 bits per heavy atom. The molecule has 21 heavy (non-hydrogen) atoms. The lowest BCUT2D eigenvalue weighted by Crippen LogP contribution is -2.42. The maximum Gasteiger partial charge on any atom is 0.125 e. The molecule has 2 aliphatic carbocycles. The molecular formula is C19H28O2. The summed E-state index contributed by atoms with van der Waals surface area (Å²) in [7, 11) is 0. The Morgan fingerprint density at radius 3 is 2.43 bits per heavy atom. The SMILES string of the molecule is CC(C)(O)c1ccc2c(c1O)C[C@H]1C(C)(C)CCC[C@]21C. The summed E-state index contributed by atoms with van der Waals surface area (Å²) in [4.78, 5) is 0. The molecule has 2 atom stereocenters. The average molecular weight is 288 g/mol. The zero-order chi connectivity index (χ0) is 15.6. The number of hydrogen-bond acceptors (Lipinski definition) is 2. The minimum Gasteiger partial charge on any atom is -0.507 e. The van der Waals surface area contributed by atoms with Crippen molar-refractivity contribution in [1.29, 1.82) is 0 Å². The van der Waals surface area contributed by atoms with E-state index in [4.69, 9.17) is 0 Å². The van der Waals surface area contributed by atoms with Gasteiger partial charge in [-0.15, -0.1) is 0 Å². The highest BCUT2D eigenvalue weighted by molar-refractivity contribution is 5.54. The predicted molar refractivity (Wildman–Crippen MR) is 85.5 cm³/mol. The van der Waals surface area contributed by atoms with Crippen molar-refractivity contribution in [2.45, 2.75) is 71.3 Å². The first-order valence-electron chi connectivity index (χ1n) is 8.15. The number of benzene rings is 1. The summed E-state index contributed by atoms with van der Waals surface area (Å²) in [5.74, 6) is 0.906. The van der Waals surface area contributed by atoms with Gasteiger partial charge in [-0.25, -0.2) is 0 Å². The first kappa shape index (κ1) is 14.9. The zero-order valence-electron chi connectivity index (χ0n) is 14.0. The van der Waals surface area contributed by atoms with Crippen molar-refractivity contribution in [2.75, 3.05) is 0 Å². The number of fused-ring (bicyclic) bond motifs is 3. The number of aliphatic hydroxyl groups is 1. The lowest BCUT2D eigenvalue weighted by atomic mass is 9.57. The molecular weight excluding hydrogens is 260 g/mol. The van der Waals surface area contributed by atoms with Gasteiger partial charge in [0.05, 0.1) is 5.60 Å². The van der Waals surface area contributed by atoms with E-state index in [-0.39, 0.29) is 5.41 Å². The molecule has 1 saturated carbocycles. The average Bonchev–Trinajstić information content (AvgIpc) is 2.64. The molecule has 3 rings (SSSR count). The van der Waals surface area contributed by atoms with Crippen LogP contribution in [0.25, 0.3) is 0 Å². The quantitative estimate of drug-likeness (QED) is 0.810. The highest BCUT2D eigenvalue weighted by Crippen LogP contribution is 2.60. The van der Waals surface area contributed by atoms with Crippen LogP contribution in [0.4, 0.5) is 0 Å². The molecule has 2 aliphatic rings. The van der Waals surface area contributed by atoms with Crippen molar-refractivity contribution in [2.24, 2.45) is 11.3 Å². The third-order valence-corrected chi connectivity index (χ3v) is 6.20. The highest BCUT2D eigenvalue weighted by Gasteiger charge is 2.52. The number of rotatable bonds is 1. The van der Waals surface area contributed by atoms with Crippen molar-refractivity contribution in [3.05, 3.63) is 28.8 Å². The Bertz CT molecular complexity index is 580. The predicted octanol–water partition coefficient (Wildman–Crippen LogP) is 4.26. The van der Waals surface area contributed by atoms with Crippen LogP contribution in [0.2, 0.25) is 0 Å². The van der Waals surface area contributed by atoms with Gasteiger partial charge in [0.15, 0.2) is 0 Å². The van der Waals surface area contributed by atoms with E-state index in [2.05, 4.69) is 26.8 Å². The van der Waals surface area contributed by atoms with Crippen molar-refractivity contribution in [3.63, 3.8) is 0 Å². The molecule has 2 N–H and O–H groups in total. The Kier molecular flexibility index (Phi) is 3.02. The molecule has 1 fully saturated rings. The molecule has 0 heterocycles. The summed E-state index contributed by atoms with van der Waals surface area (Å²) < 4.78 is 0. The Hall–Kier alpha value is -1.02. The van der Waals surface area contributed by atoms with Gasteiger partial charge in [-0.3, -0.25) is 0 Å². The smallest absolute Gasteiger partial charge is 0.125 e. The molecule has 0 bridgehead atoms. The number of phenolic OH excluding ortho intramolecular Hbond substituents is 1. The number of hydrogen-bond donors (Lipinski definition) is 2. The van der Waals surface area contributed by atoms with Gasteiger partial charge in [0.25, 0.3) is 0 Å². The fourth-order valence-corrected chi connectivity index (χ4v) is 5.02. The van der Waals surface area contributed by atoms with E-state index in [1.54, 1.807) is 13.8 Å². The highest BCUT2D eigenvalue weighted by atomic mass is 16.3. The second kappa shape index (κ2) is 4.25. The molecule has 1 aromatic rings. The van der Waals surface area contributed by atoms with Crippen molar-refractivity contribution in [3.8, 4) is 5.75 Å². The second-order valence-corrected chi connectivity index (χ2v) is 8.56. The van der Waals surface area contributed by atoms with Crippen LogP contribution in [-0.2, 0) is 17.4 Å². The summed E-state index contributed by atoms with van der Waals surface area (Å²) in [5.41, 5.74) is 2.53. The Labute approximate surface area is 128 Å². The van der Waals surface area contributed by atoms with Crippen molar-refractivity contribution >= 4 is 0 Å². The maximum atomic E-state index is 10.7. The minimum atomic E-state index is -0.997. The van der Waals surface area contributed by atoms with Gasteiger partial charge in [-0.05, 0) is 61.0 Å². The summed E-state index contributed by atoms with van der Waals surface area (Å²) >= 11 is 0. The Morgan fingerprint density at radius 1 is 1.14 bits per heavy atom. The van der Waals surface area contributed by atoms with Crippen LogP contribution in [0, 0.1) is 11.3 Å². The monoisotopic (exact) mass is 288 g/mol. The largest absolute Gasteiger partial charge is 0.507 e. The normalized spacial score (nSPS) is 30.9. The number of aromatic hydroxyl groups is 1. The summed E-state index contributed by atoms with van der Waals surface area (Å²) in [6.45, 7) is 10.6. The summed E-state index contributed by atoms with van der Waals surface area (Å²) in [5, 5.41) is 21.0. The van der Waals surface area contributed by atoms with Crippen LogP contribution >= 0.6 is 0 Å². The van der Waals surface area contributed by atoms with Crippen LogP contribution in [0.3, 0.4) is 0 Å². The number of phenols is 1. The zero-order valence-corrected chi connectivity index (χ0v) is 14.0. The van der Waals surface area contributed by atoms with E-state index in [1.165, 1.54) is 24.8 Å². The molecule has 0 unspecified atom stereocenters. The molecule has 0 amide bonds. The second-order valence-electron chi connectivity index (χ2n) is 8.56. The molecule has 0 spiro atoms. The van der Waals surface area contributed by atoms with E-state index < -0.39 is 5.60 Å². The first-order valence-corrected chi connectivity index (χ1v) is 8.15. The molecule has 2 heteroatoms. The van der Waals surface area contributed by atoms with Crippen LogP contribution in [0.15, 0.2) is 12.1 Å². The van der Waals surface area contributed by atoms with Gasteiger partial charge in [0, 0.05) is 5.56 Å². The third-order valence-electron chi connectivity index (χ3n) is 6.20. The maximum absolute atomic E-state index is 10.7. The van der Waals surface area contributed by atoms with E-state index in [0.29, 0.717) is 22.6 Å². The van der Waals surface area contributed by atoms with E-state index in [9.17, 15) is 10.2 Å². The van der Waals surface area contributed by atoms with E-state index >= 15 is 0 Å². The van der Waals surface area contributed by atoms with Gasteiger partial charge in [-0.1, -0.05) is 39.3 Å². The van der Waals surface area contributed by atoms with E-state index in [0.717, 1.165) is 12.0 Å². The molecule has 0 radical (unpaired) electrons. The molecule has 0 saturated heterocycles. The van der Waals surface area contributed by atoms with Crippen LogP contribution in [0.1, 0.15) is 70.6 Å². The van der Waals surface area contributed by atoms with Gasteiger partial charge < -0.3 is 10.2 Å². The third kappa shape index (κ3) is 2.03. The topological polar surface area (TPSA) is 40.5 Å². The fraction of sp³-hybridized carbons (Fsp3) is 0.684. The van der Waals surface area contributed by atoms with Gasteiger partial charge in [0.1, 0.15) is 5.75 Å². The molecule has 2 nitrogen and oxygen atoms in total. The minimum absolute atomic E-state index is 0.173. The molecule has 1 aromatic carbocycles. The standard InChI is InChI=1S/C19H28O2/c1-17(2)9-6-10-19(5)13-7-8-14(18(3,4)21)16(20)12(13)11-15(17)19/h7-8,15,20-21H,6,9-11H2,1-5H3/t15-,19+/m0/s1. The molecule has 0 aromatic heterocycles. The lowest BCUT2D eigenvalue weighted by Gasteiger charge is -2.47. The van der Waals surface area contributed by atoms with Crippen molar-refractivity contribution < 1.29 is 10.2 Å². The van der Waals surface area contributed by atoms with Crippen molar-refractivity contribution in [1.82, 2.24) is 0 Å². The summed E-state index contributed by atoms with van der Waals surface area (Å²) in [6.07, 6.45) is 4.66. The van der Waals surface area contributed by atoms with Gasteiger partial charge >= 0.3 is 0 Å².